The average molecular weight is 323 g/mol. The second-order valence-corrected chi connectivity index (χ2v) is 7.02. The van der Waals surface area contributed by atoms with Gasteiger partial charge in [0.05, 0.1) is 5.69 Å². The number of nitrogens with two attached hydrogens (primary N) is 1. The number of hydrogen-bond acceptors (Lipinski definition) is 5. The first-order valence-corrected chi connectivity index (χ1v) is 8.86. The molecule has 2 aromatic rings. The summed E-state index contributed by atoms with van der Waals surface area (Å²) >= 11 is 0. The van der Waals surface area contributed by atoms with E-state index in [0.717, 1.165) is 57.0 Å². The minimum Gasteiger partial charge on any atom is -0.368 e. The molecule has 3 N–H and O–H groups in total. The van der Waals surface area contributed by atoms with Crippen LogP contribution in [0.4, 0.5) is 11.8 Å². The van der Waals surface area contributed by atoms with Crippen LogP contribution >= 0.6 is 0 Å². The van der Waals surface area contributed by atoms with Crippen molar-refractivity contribution < 1.29 is 0 Å². The van der Waals surface area contributed by atoms with E-state index in [1.54, 1.807) is 0 Å². The Labute approximate surface area is 143 Å². The highest BCUT2D eigenvalue weighted by Gasteiger charge is 2.38. The van der Waals surface area contributed by atoms with Crippen LogP contribution in [0.5, 0.6) is 0 Å². The summed E-state index contributed by atoms with van der Waals surface area (Å²) in [6, 6.07) is 10.7. The van der Waals surface area contributed by atoms with Gasteiger partial charge in [-0.3, -0.25) is 0 Å². The van der Waals surface area contributed by atoms with Crippen molar-refractivity contribution >= 4 is 11.8 Å². The number of aromatic nitrogens is 2. The predicted molar refractivity (Wildman–Crippen MR) is 97.4 cm³/mol. The Balaban J connectivity index is 1.85. The van der Waals surface area contributed by atoms with Crippen LogP contribution in [0.3, 0.4) is 0 Å². The molecule has 2 heterocycles. The summed E-state index contributed by atoms with van der Waals surface area (Å²) in [5.74, 6) is 1.45. The summed E-state index contributed by atoms with van der Waals surface area (Å²) in [7, 11) is 0. The van der Waals surface area contributed by atoms with E-state index < -0.39 is 0 Å². The molecule has 0 saturated carbocycles. The lowest BCUT2D eigenvalue weighted by Crippen LogP contribution is -2.45. The van der Waals surface area contributed by atoms with Gasteiger partial charge >= 0.3 is 0 Å². The van der Waals surface area contributed by atoms with Gasteiger partial charge in [-0.25, -0.2) is 4.98 Å². The third-order valence-corrected chi connectivity index (χ3v) is 5.46. The van der Waals surface area contributed by atoms with Gasteiger partial charge in [0, 0.05) is 37.2 Å². The summed E-state index contributed by atoms with van der Waals surface area (Å²) in [5.41, 5.74) is 9.77. The van der Waals surface area contributed by atoms with Gasteiger partial charge in [-0.15, -0.1) is 0 Å². The molecule has 1 saturated heterocycles. The molecule has 1 atom stereocenters. The van der Waals surface area contributed by atoms with Crippen molar-refractivity contribution in [2.75, 3.05) is 36.8 Å². The maximum atomic E-state index is 6.12. The van der Waals surface area contributed by atoms with Gasteiger partial charge in [-0.1, -0.05) is 30.3 Å². The molecular weight excluding hydrogens is 298 g/mol. The highest BCUT2D eigenvalue weighted by atomic mass is 15.2. The number of anilines is 2. The predicted octanol–water partition coefficient (Wildman–Crippen LogP) is 2.11. The van der Waals surface area contributed by atoms with Crippen LogP contribution in [0.1, 0.15) is 36.6 Å². The Bertz CT molecular complexity index is 724. The number of rotatable bonds is 2. The molecule has 1 fully saturated rings. The first-order valence-electron chi connectivity index (χ1n) is 8.86. The zero-order valence-electron chi connectivity index (χ0n) is 14.3. The number of fused-ring (bicyclic) bond motifs is 1. The Morgan fingerprint density at radius 1 is 1.12 bits per heavy atom. The van der Waals surface area contributed by atoms with Crippen molar-refractivity contribution in [2.24, 2.45) is 0 Å². The molecule has 0 bridgehead atoms. The summed E-state index contributed by atoms with van der Waals surface area (Å²) in [6.07, 6.45) is 3.30. The molecule has 0 radical (unpaired) electrons. The Hall–Kier alpha value is -2.14. The van der Waals surface area contributed by atoms with Crippen LogP contribution in [0.25, 0.3) is 0 Å². The summed E-state index contributed by atoms with van der Waals surface area (Å²) < 4.78 is 0. The van der Waals surface area contributed by atoms with E-state index in [1.165, 1.54) is 11.1 Å². The van der Waals surface area contributed by atoms with E-state index in [2.05, 4.69) is 52.5 Å². The Morgan fingerprint density at radius 2 is 1.88 bits per heavy atom. The Morgan fingerprint density at radius 3 is 2.62 bits per heavy atom. The Kier molecular flexibility index (Phi) is 3.88. The van der Waals surface area contributed by atoms with E-state index in [4.69, 9.17) is 10.7 Å². The number of nitrogens with zero attached hydrogens (tertiary/aromatic N) is 3. The average Bonchev–Trinajstić information content (AvgIpc) is 2.63. The van der Waals surface area contributed by atoms with Crippen LogP contribution in [0.2, 0.25) is 0 Å². The number of hydrogen-bond donors (Lipinski definition) is 2. The summed E-state index contributed by atoms with van der Waals surface area (Å²) in [4.78, 5) is 11.7. The lowest BCUT2D eigenvalue weighted by atomic mass is 9.70. The van der Waals surface area contributed by atoms with Gasteiger partial charge in [0.25, 0.3) is 0 Å². The second kappa shape index (κ2) is 6.06. The van der Waals surface area contributed by atoms with Crippen molar-refractivity contribution in [1.29, 1.82) is 0 Å². The molecule has 2 aliphatic rings. The molecule has 5 heteroatoms. The molecular formula is C19H25N5. The van der Waals surface area contributed by atoms with E-state index in [9.17, 15) is 0 Å². The molecule has 0 spiro atoms. The molecule has 1 aromatic carbocycles. The van der Waals surface area contributed by atoms with Crippen LogP contribution in [-0.2, 0) is 11.8 Å². The van der Waals surface area contributed by atoms with E-state index in [-0.39, 0.29) is 5.41 Å². The first-order chi connectivity index (χ1) is 11.7. The lowest BCUT2D eigenvalue weighted by Gasteiger charge is -2.38. The standard InChI is InChI=1S/C19H25N5/c1-19(14-6-3-2-4-7-14)9-5-8-15-16(19)22-18(20)23-17(15)24-12-10-21-11-13-24/h2-4,6-7,21H,5,8-13H2,1H3,(H2,20,22,23). The summed E-state index contributed by atoms with van der Waals surface area (Å²) in [5, 5.41) is 3.40. The summed E-state index contributed by atoms with van der Waals surface area (Å²) in [6.45, 7) is 6.24. The quantitative estimate of drug-likeness (QED) is 0.886. The van der Waals surface area contributed by atoms with E-state index >= 15 is 0 Å². The van der Waals surface area contributed by atoms with Crippen molar-refractivity contribution in [1.82, 2.24) is 15.3 Å². The van der Waals surface area contributed by atoms with E-state index in [0.29, 0.717) is 5.95 Å². The van der Waals surface area contributed by atoms with Crippen LogP contribution < -0.4 is 16.0 Å². The highest BCUT2D eigenvalue weighted by Crippen LogP contribution is 2.43. The molecule has 24 heavy (non-hydrogen) atoms. The number of benzene rings is 1. The molecule has 5 nitrogen and oxygen atoms in total. The van der Waals surface area contributed by atoms with Gasteiger partial charge in [-0.2, -0.15) is 4.98 Å². The number of nitrogens with one attached hydrogen (secondary N) is 1. The van der Waals surface area contributed by atoms with Gasteiger partial charge in [0.2, 0.25) is 5.95 Å². The molecule has 1 aliphatic heterocycles. The van der Waals surface area contributed by atoms with Crippen molar-refractivity contribution in [2.45, 2.75) is 31.6 Å². The lowest BCUT2D eigenvalue weighted by molar-refractivity contribution is 0.448. The SMILES string of the molecule is CC1(c2ccccc2)CCCc2c(N3CCNCC3)nc(N)nc21. The molecule has 126 valence electrons. The van der Waals surface area contributed by atoms with Crippen molar-refractivity contribution in [3.05, 3.63) is 47.2 Å². The highest BCUT2D eigenvalue weighted by molar-refractivity contribution is 5.57. The maximum absolute atomic E-state index is 6.12. The molecule has 1 aromatic heterocycles. The fourth-order valence-corrected chi connectivity index (χ4v) is 4.14. The van der Waals surface area contributed by atoms with Crippen LogP contribution in [-0.4, -0.2) is 36.1 Å². The molecule has 0 amide bonds. The fourth-order valence-electron chi connectivity index (χ4n) is 4.14. The first kappa shape index (κ1) is 15.4. The second-order valence-electron chi connectivity index (χ2n) is 7.02. The monoisotopic (exact) mass is 323 g/mol. The van der Waals surface area contributed by atoms with Gasteiger partial charge < -0.3 is 16.0 Å². The van der Waals surface area contributed by atoms with Crippen molar-refractivity contribution in [3.63, 3.8) is 0 Å². The molecule has 1 unspecified atom stereocenters. The topological polar surface area (TPSA) is 67.1 Å². The van der Waals surface area contributed by atoms with Crippen molar-refractivity contribution in [3.8, 4) is 0 Å². The minimum atomic E-state index is -0.0886. The van der Waals surface area contributed by atoms with Crippen LogP contribution in [0.15, 0.2) is 30.3 Å². The van der Waals surface area contributed by atoms with E-state index in [1.807, 2.05) is 0 Å². The third kappa shape index (κ3) is 2.53. The smallest absolute Gasteiger partial charge is 0.222 e. The van der Waals surface area contributed by atoms with Crippen LogP contribution in [0, 0.1) is 0 Å². The maximum Gasteiger partial charge on any atom is 0.222 e. The van der Waals surface area contributed by atoms with Gasteiger partial charge in [0.1, 0.15) is 5.82 Å². The fraction of sp³-hybridized carbons (Fsp3) is 0.474. The third-order valence-electron chi connectivity index (χ3n) is 5.46. The number of nitrogen functional groups attached to an aromatic ring is 1. The zero-order valence-corrected chi connectivity index (χ0v) is 14.3. The zero-order chi connectivity index (χ0) is 16.6. The molecule has 4 rings (SSSR count). The minimum absolute atomic E-state index is 0.0886. The normalized spacial score (nSPS) is 23.8. The van der Waals surface area contributed by atoms with Gasteiger partial charge in [-0.05, 0) is 31.7 Å². The molecule has 1 aliphatic carbocycles. The number of piperazine rings is 1. The van der Waals surface area contributed by atoms with Gasteiger partial charge in [0.15, 0.2) is 0 Å². The largest absolute Gasteiger partial charge is 0.368 e.